The summed E-state index contributed by atoms with van der Waals surface area (Å²) in [6, 6.07) is 5.64. The molecule has 3 rings (SSSR count). The van der Waals surface area contributed by atoms with Crippen molar-refractivity contribution in [2.24, 2.45) is 7.05 Å². The van der Waals surface area contributed by atoms with Crippen LogP contribution in [-0.2, 0) is 24.8 Å². The van der Waals surface area contributed by atoms with E-state index in [4.69, 9.17) is 0 Å². The Balaban J connectivity index is 1.99. The number of halogens is 1. The molecular formula is C15H14FN3O2. The Morgan fingerprint density at radius 3 is 2.67 bits per heavy atom. The summed E-state index contributed by atoms with van der Waals surface area (Å²) in [6.45, 7) is 2.19. The molecule has 1 aromatic carbocycles. The van der Waals surface area contributed by atoms with Crippen LogP contribution in [0.15, 0.2) is 24.3 Å². The van der Waals surface area contributed by atoms with E-state index in [0.717, 1.165) is 17.8 Å². The van der Waals surface area contributed by atoms with Crippen molar-refractivity contribution in [1.82, 2.24) is 9.78 Å². The van der Waals surface area contributed by atoms with Gasteiger partial charge in [-0.15, -0.1) is 0 Å². The fraction of sp³-hybridized carbons (Fsp3) is 0.267. The minimum absolute atomic E-state index is 0.199. The number of anilines is 1. The Hall–Kier alpha value is -2.50. The molecule has 21 heavy (non-hydrogen) atoms. The fourth-order valence-electron chi connectivity index (χ4n) is 2.48. The van der Waals surface area contributed by atoms with E-state index < -0.39 is 17.5 Å². The zero-order valence-corrected chi connectivity index (χ0v) is 11.8. The molecule has 0 atom stereocenters. The lowest BCUT2D eigenvalue weighted by molar-refractivity contribution is -0.114. The first kappa shape index (κ1) is 13.5. The predicted octanol–water partition coefficient (Wildman–Crippen LogP) is 1.85. The van der Waals surface area contributed by atoms with Crippen LogP contribution < -0.4 is 4.90 Å². The van der Waals surface area contributed by atoms with Crippen LogP contribution in [0.4, 0.5) is 10.1 Å². The number of nitrogens with zero attached hydrogens (tertiary/aromatic N) is 3. The SMILES string of the molecule is CCc1cc(CN2C(=O)C(=O)c3ccc(F)cc32)n(C)n1. The molecule has 0 saturated carbocycles. The lowest BCUT2D eigenvalue weighted by atomic mass is 10.1. The lowest BCUT2D eigenvalue weighted by Gasteiger charge is -2.16. The van der Waals surface area contributed by atoms with E-state index in [1.165, 1.54) is 23.1 Å². The lowest BCUT2D eigenvalue weighted by Crippen LogP contribution is -2.30. The van der Waals surface area contributed by atoms with Crippen LogP contribution in [0.3, 0.4) is 0 Å². The number of carbonyl (C=O) groups excluding carboxylic acids is 2. The van der Waals surface area contributed by atoms with E-state index in [-0.39, 0.29) is 12.1 Å². The van der Waals surface area contributed by atoms with Gasteiger partial charge in [0.25, 0.3) is 11.7 Å². The molecule has 5 nitrogen and oxygen atoms in total. The highest BCUT2D eigenvalue weighted by Gasteiger charge is 2.36. The highest BCUT2D eigenvalue weighted by Crippen LogP contribution is 2.31. The quantitative estimate of drug-likeness (QED) is 0.810. The van der Waals surface area contributed by atoms with Crippen molar-refractivity contribution in [3.05, 3.63) is 47.0 Å². The van der Waals surface area contributed by atoms with Crippen molar-refractivity contribution < 1.29 is 14.0 Å². The number of aromatic nitrogens is 2. The molecule has 0 radical (unpaired) electrons. The van der Waals surface area contributed by atoms with Crippen LogP contribution in [0.1, 0.15) is 28.7 Å². The number of aryl methyl sites for hydroxylation is 2. The maximum Gasteiger partial charge on any atom is 0.299 e. The van der Waals surface area contributed by atoms with Crippen molar-refractivity contribution >= 4 is 17.4 Å². The molecule has 0 aliphatic carbocycles. The number of hydrogen-bond donors (Lipinski definition) is 0. The number of hydrogen-bond acceptors (Lipinski definition) is 3. The molecule has 1 aromatic heterocycles. The fourth-order valence-corrected chi connectivity index (χ4v) is 2.48. The molecule has 1 aliphatic heterocycles. The number of rotatable bonds is 3. The van der Waals surface area contributed by atoms with Crippen molar-refractivity contribution in [3.8, 4) is 0 Å². The third-order valence-corrected chi connectivity index (χ3v) is 3.64. The molecule has 0 bridgehead atoms. The van der Waals surface area contributed by atoms with E-state index in [1.807, 2.05) is 13.0 Å². The molecule has 0 spiro atoms. The second kappa shape index (κ2) is 4.80. The zero-order chi connectivity index (χ0) is 15.1. The monoisotopic (exact) mass is 287 g/mol. The molecule has 1 amide bonds. The summed E-state index contributed by atoms with van der Waals surface area (Å²) in [5.41, 5.74) is 2.28. The first-order valence-corrected chi connectivity index (χ1v) is 6.68. The summed E-state index contributed by atoms with van der Waals surface area (Å²) in [7, 11) is 1.78. The second-order valence-electron chi connectivity index (χ2n) is 4.99. The highest BCUT2D eigenvalue weighted by atomic mass is 19.1. The van der Waals surface area contributed by atoms with Crippen molar-refractivity contribution in [2.75, 3.05) is 4.90 Å². The molecule has 0 saturated heterocycles. The smallest absolute Gasteiger partial charge is 0.299 e. The van der Waals surface area contributed by atoms with Crippen molar-refractivity contribution in [2.45, 2.75) is 19.9 Å². The van der Waals surface area contributed by atoms with Gasteiger partial charge < -0.3 is 0 Å². The largest absolute Gasteiger partial charge is 0.299 e. The van der Waals surface area contributed by atoms with E-state index in [2.05, 4.69) is 5.10 Å². The van der Waals surface area contributed by atoms with Crippen LogP contribution in [0.5, 0.6) is 0 Å². The van der Waals surface area contributed by atoms with Gasteiger partial charge in [0.2, 0.25) is 0 Å². The summed E-state index contributed by atoms with van der Waals surface area (Å²) in [6.07, 6.45) is 0.784. The molecule has 0 fully saturated rings. The van der Waals surface area contributed by atoms with Crippen molar-refractivity contribution in [3.63, 3.8) is 0 Å². The van der Waals surface area contributed by atoms with E-state index in [1.54, 1.807) is 11.7 Å². The third-order valence-electron chi connectivity index (χ3n) is 3.64. The summed E-state index contributed by atoms with van der Waals surface area (Å²) < 4.78 is 15.1. The number of fused-ring (bicyclic) bond motifs is 1. The first-order valence-electron chi connectivity index (χ1n) is 6.68. The summed E-state index contributed by atoms with van der Waals surface area (Å²) >= 11 is 0. The number of ketones is 1. The molecule has 108 valence electrons. The molecule has 0 N–H and O–H groups in total. The minimum atomic E-state index is -0.630. The minimum Gasteiger partial charge on any atom is -0.299 e. The number of amides is 1. The Labute approximate surface area is 121 Å². The number of Topliss-reactive ketones (excluding diaryl/α,β-unsaturated/α-hetero) is 1. The van der Waals surface area contributed by atoms with Crippen LogP contribution in [0.2, 0.25) is 0 Å². The molecule has 2 aromatic rings. The van der Waals surface area contributed by atoms with Crippen LogP contribution in [0, 0.1) is 5.82 Å². The number of benzene rings is 1. The average Bonchev–Trinajstić information content (AvgIpc) is 2.93. The van der Waals surface area contributed by atoms with Gasteiger partial charge in [-0.3, -0.25) is 19.2 Å². The van der Waals surface area contributed by atoms with Gasteiger partial charge in [-0.2, -0.15) is 5.10 Å². The van der Waals surface area contributed by atoms with E-state index in [9.17, 15) is 14.0 Å². The third kappa shape index (κ3) is 2.12. The average molecular weight is 287 g/mol. The molecule has 6 heteroatoms. The summed E-state index contributed by atoms with van der Waals surface area (Å²) in [4.78, 5) is 25.3. The predicted molar refractivity (Wildman–Crippen MR) is 74.5 cm³/mol. The Morgan fingerprint density at radius 1 is 1.24 bits per heavy atom. The van der Waals surface area contributed by atoms with Gasteiger partial charge in [0.05, 0.1) is 29.2 Å². The van der Waals surface area contributed by atoms with Gasteiger partial charge in [0.15, 0.2) is 0 Å². The zero-order valence-electron chi connectivity index (χ0n) is 11.8. The van der Waals surface area contributed by atoms with Gasteiger partial charge in [0, 0.05) is 7.05 Å². The summed E-state index contributed by atoms with van der Waals surface area (Å²) in [5, 5.41) is 4.31. The highest BCUT2D eigenvalue weighted by molar-refractivity contribution is 6.52. The van der Waals surface area contributed by atoms with Gasteiger partial charge >= 0.3 is 0 Å². The van der Waals surface area contributed by atoms with Gasteiger partial charge in [-0.1, -0.05) is 6.92 Å². The van der Waals surface area contributed by atoms with Crippen LogP contribution in [0.25, 0.3) is 0 Å². The Bertz CT molecular complexity index is 751. The van der Waals surface area contributed by atoms with Crippen LogP contribution >= 0.6 is 0 Å². The van der Waals surface area contributed by atoms with E-state index >= 15 is 0 Å². The molecule has 0 unspecified atom stereocenters. The number of carbonyl (C=O) groups is 2. The first-order chi connectivity index (χ1) is 10.0. The maximum absolute atomic E-state index is 13.4. The molecular weight excluding hydrogens is 273 g/mol. The topological polar surface area (TPSA) is 55.2 Å². The van der Waals surface area contributed by atoms with E-state index in [0.29, 0.717) is 5.69 Å². The molecule has 2 heterocycles. The maximum atomic E-state index is 13.4. The van der Waals surface area contributed by atoms with Gasteiger partial charge in [-0.05, 0) is 30.7 Å². The molecule has 1 aliphatic rings. The van der Waals surface area contributed by atoms with Crippen LogP contribution in [-0.4, -0.2) is 21.5 Å². The normalized spacial score (nSPS) is 14.0. The van der Waals surface area contributed by atoms with Gasteiger partial charge in [0.1, 0.15) is 5.82 Å². The standard InChI is InChI=1S/C15H14FN3O2/c1-3-10-7-11(18(2)17-10)8-19-13-6-9(16)4-5-12(13)14(20)15(19)21/h4-7H,3,8H2,1-2H3. The second-order valence-corrected chi connectivity index (χ2v) is 4.99. The summed E-state index contributed by atoms with van der Waals surface area (Å²) in [5.74, 6) is -1.70. The van der Waals surface area contributed by atoms with Crippen molar-refractivity contribution in [1.29, 1.82) is 0 Å². The van der Waals surface area contributed by atoms with Gasteiger partial charge in [-0.25, -0.2) is 4.39 Å². The Morgan fingerprint density at radius 2 is 2.00 bits per heavy atom. The Kier molecular flexibility index (Phi) is 3.08.